The van der Waals surface area contributed by atoms with Crippen LogP contribution in [0.15, 0.2) is 109 Å². The average molecular weight is 703 g/mol. The van der Waals surface area contributed by atoms with Crippen molar-refractivity contribution >= 4 is 35.1 Å². The molecule has 0 aliphatic heterocycles. The van der Waals surface area contributed by atoms with E-state index in [0.29, 0.717) is 11.5 Å². The highest BCUT2D eigenvalue weighted by atomic mass is 16.6. The fourth-order valence-corrected chi connectivity index (χ4v) is 4.04. The molecule has 0 bridgehead atoms. The Balaban J connectivity index is 0.000000277. The smallest absolute Gasteiger partial charge is 0.408 e. The molecule has 4 aromatic rings. The van der Waals surface area contributed by atoms with Crippen LogP contribution in [0.4, 0.5) is 16.2 Å². The Labute approximate surface area is 291 Å². The molecule has 0 aromatic heterocycles. The Bertz CT molecular complexity index is 1710. The van der Waals surface area contributed by atoms with Crippen molar-refractivity contribution in [1.29, 1.82) is 0 Å². The number of Topliss-reactive ketones (excluding diaryl/α,β-unsaturated/α-hetero) is 1. The molecular weight excluding hydrogens is 668 g/mol. The number of nitrogens with zero attached hydrogens (tertiary/aromatic N) is 2. The van der Waals surface area contributed by atoms with Gasteiger partial charge in [-0.25, -0.2) is 4.79 Å². The SMILES string of the molecule is C[C@H](NC(=O)[C@H](Cc1ccccc1)NC(=O)OCc1ccccc1)C(=O)O.O=C(COc1ccc([N+](=O)[O-])cc1)COc1ccc([N+](=O)[O-])cc1. The van der Waals surface area contributed by atoms with Crippen molar-refractivity contribution in [3.63, 3.8) is 0 Å². The first-order chi connectivity index (χ1) is 24.4. The lowest BCUT2D eigenvalue weighted by atomic mass is 10.1. The number of benzene rings is 4. The Hall–Kier alpha value is -6.84. The highest BCUT2D eigenvalue weighted by Gasteiger charge is 2.25. The van der Waals surface area contributed by atoms with Crippen molar-refractivity contribution < 1.29 is 48.3 Å². The van der Waals surface area contributed by atoms with Gasteiger partial charge in [0, 0.05) is 30.7 Å². The number of ketones is 1. The third-order valence-corrected chi connectivity index (χ3v) is 6.73. The Morgan fingerprint density at radius 3 is 1.57 bits per heavy atom. The molecule has 4 rings (SSSR count). The van der Waals surface area contributed by atoms with E-state index in [-0.39, 0.29) is 43.4 Å². The van der Waals surface area contributed by atoms with E-state index in [9.17, 15) is 39.4 Å². The van der Waals surface area contributed by atoms with Crippen LogP contribution in [0.25, 0.3) is 0 Å². The van der Waals surface area contributed by atoms with Gasteiger partial charge in [-0.1, -0.05) is 60.7 Å². The van der Waals surface area contributed by atoms with Gasteiger partial charge in [0.2, 0.25) is 11.7 Å². The molecule has 0 aliphatic rings. The molecule has 16 nitrogen and oxygen atoms in total. The number of alkyl carbamates (subject to hydrolysis) is 1. The standard InChI is InChI=1S/C20H22N2O5.C15H12N2O7/c1-14(19(24)25)21-18(23)17(12-15-8-4-2-5-9-15)22-20(26)27-13-16-10-6-3-7-11-16;18-13(9-23-14-5-1-11(2-6-14)16(19)20)10-24-15-7-3-12(4-8-15)17(21)22/h2-11,14,17H,12-13H2,1H3,(H,21,23)(H,22,26)(H,24,25);1-8H,9-10H2/t14-,17-;/m0./s1. The lowest BCUT2D eigenvalue weighted by molar-refractivity contribution is -0.385. The Morgan fingerprint density at radius 2 is 1.14 bits per heavy atom. The molecule has 266 valence electrons. The Morgan fingerprint density at radius 1 is 0.686 bits per heavy atom. The summed E-state index contributed by atoms with van der Waals surface area (Å²) in [6.07, 6.45) is -0.544. The van der Waals surface area contributed by atoms with Crippen LogP contribution in [-0.2, 0) is 32.1 Å². The number of hydrogen-bond donors (Lipinski definition) is 3. The third kappa shape index (κ3) is 14.0. The number of non-ortho nitro benzene ring substituents is 2. The molecule has 16 heteroatoms. The lowest BCUT2D eigenvalue weighted by Gasteiger charge is -2.20. The highest BCUT2D eigenvalue weighted by molar-refractivity contribution is 5.89. The summed E-state index contributed by atoms with van der Waals surface area (Å²) in [4.78, 5) is 67.1. The first-order valence-corrected chi connectivity index (χ1v) is 15.2. The largest absolute Gasteiger partial charge is 0.486 e. The summed E-state index contributed by atoms with van der Waals surface area (Å²) in [5.74, 6) is -1.46. The summed E-state index contributed by atoms with van der Waals surface area (Å²) in [6, 6.07) is 26.9. The zero-order valence-electron chi connectivity index (χ0n) is 27.2. The third-order valence-electron chi connectivity index (χ3n) is 6.73. The topological polar surface area (TPSA) is 227 Å². The van der Waals surface area contributed by atoms with E-state index in [2.05, 4.69) is 10.6 Å². The zero-order chi connectivity index (χ0) is 37.2. The van der Waals surface area contributed by atoms with Gasteiger partial charge in [-0.3, -0.25) is 34.6 Å². The number of carbonyl (C=O) groups is 4. The molecule has 0 fully saturated rings. The second-order valence-corrected chi connectivity index (χ2v) is 10.6. The number of amides is 2. The summed E-state index contributed by atoms with van der Waals surface area (Å²) in [5.41, 5.74) is 1.49. The van der Waals surface area contributed by atoms with E-state index in [0.717, 1.165) is 11.1 Å². The quantitative estimate of drug-likeness (QED) is 0.107. The van der Waals surface area contributed by atoms with Crippen molar-refractivity contribution in [3.8, 4) is 11.5 Å². The summed E-state index contributed by atoms with van der Waals surface area (Å²) in [6.45, 7) is 0.904. The first-order valence-electron chi connectivity index (χ1n) is 15.2. The average Bonchev–Trinajstić information content (AvgIpc) is 3.13. The predicted molar refractivity (Wildman–Crippen MR) is 181 cm³/mol. The minimum Gasteiger partial charge on any atom is -0.486 e. The molecule has 0 heterocycles. The molecule has 0 radical (unpaired) electrons. The van der Waals surface area contributed by atoms with Gasteiger partial charge in [-0.15, -0.1) is 0 Å². The number of nitro benzene ring substituents is 2. The summed E-state index contributed by atoms with van der Waals surface area (Å²) < 4.78 is 15.6. The molecular formula is C35H34N4O12. The molecule has 0 unspecified atom stereocenters. The fourth-order valence-electron chi connectivity index (χ4n) is 4.04. The highest BCUT2D eigenvalue weighted by Crippen LogP contribution is 2.18. The summed E-state index contributed by atoms with van der Waals surface area (Å²) >= 11 is 0. The molecule has 0 saturated heterocycles. The predicted octanol–water partition coefficient (Wildman–Crippen LogP) is 4.64. The van der Waals surface area contributed by atoms with Crippen LogP contribution in [0.2, 0.25) is 0 Å². The molecule has 2 amide bonds. The Kier molecular flexibility index (Phi) is 15.0. The molecule has 51 heavy (non-hydrogen) atoms. The number of carboxylic acid groups (broad SMARTS) is 1. The van der Waals surface area contributed by atoms with Gasteiger partial charge in [0.15, 0.2) is 0 Å². The van der Waals surface area contributed by atoms with Crippen LogP contribution in [-0.4, -0.2) is 64.0 Å². The molecule has 0 spiro atoms. The summed E-state index contributed by atoms with van der Waals surface area (Å²) in [5, 5.41) is 34.9. The number of aliphatic carboxylic acids is 1. The first kappa shape index (κ1) is 38.6. The zero-order valence-corrected chi connectivity index (χ0v) is 27.2. The van der Waals surface area contributed by atoms with E-state index in [4.69, 9.17) is 19.3 Å². The van der Waals surface area contributed by atoms with Crippen LogP contribution in [0.3, 0.4) is 0 Å². The van der Waals surface area contributed by atoms with Gasteiger partial charge >= 0.3 is 12.1 Å². The van der Waals surface area contributed by atoms with Crippen molar-refractivity contribution in [2.45, 2.75) is 32.0 Å². The second kappa shape index (κ2) is 19.9. The van der Waals surface area contributed by atoms with Crippen LogP contribution >= 0.6 is 0 Å². The van der Waals surface area contributed by atoms with E-state index in [1.165, 1.54) is 55.5 Å². The second-order valence-electron chi connectivity index (χ2n) is 10.6. The molecule has 0 saturated carbocycles. The van der Waals surface area contributed by atoms with E-state index in [1.807, 2.05) is 60.7 Å². The number of nitro groups is 2. The number of rotatable bonds is 16. The van der Waals surface area contributed by atoms with Gasteiger partial charge in [-0.05, 0) is 42.3 Å². The van der Waals surface area contributed by atoms with Crippen LogP contribution in [0.1, 0.15) is 18.1 Å². The van der Waals surface area contributed by atoms with E-state index >= 15 is 0 Å². The number of carboxylic acids is 1. The number of nitrogens with one attached hydrogen (secondary N) is 2. The van der Waals surface area contributed by atoms with Crippen molar-refractivity contribution in [3.05, 3.63) is 141 Å². The maximum Gasteiger partial charge on any atom is 0.408 e. The number of ether oxygens (including phenoxy) is 3. The van der Waals surface area contributed by atoms with Crippen LogP contribution in [0, 0.1) is 20.2 Å². The van der Waals surface area contributed by atoms with Gasteiger partial charge in [0.25, 0.3) is 11.4 Å². The molecule has 4 aromatic carbocycles. The fraction of sp³-hybridized carbons (Fsp3) is 0.200. The van der Waals surface area contributed by atoms with Crippen molar-refractivity contribution in [2.24, 2.45) is 0 Å². The van der Waals surface area contributed by atoms with E-state index in [1.54, 1.807) is 0 Å². The lowest BCUT2D eigenvalue weighted by Crippen LogP contribution is -2.51. The van der Waals surface area contributed by atoms with Gasteiger partial charge < -0.3 is 30.0 Å². The number of carbonyl (C=O) groups excluding carboxylic acids is 3. The molecule has 2 atom stereocenters. The maximum atomic E-state index is 12.4. The van der Waals surface area contributed by atoms with E-state index < -0.39 is 39.9 Å². The van der Waals surface area contributed by atoms with Gasteiger partial charge in [-0.2, -0.15) is 0 Å². The van der Waals surface area contributed by atoms with Gasteiger partial charge in [0.1, 0.15) is 43.4 Å². The molecule has 3 N–H and O–H groups in total. The normalized spacial score (nSPS) is 11.3. The van der Waals surface area contributed by atoms with Gasteiger partial charge in [0.05, 0.1) is 9.85 Å². The maximum absolute atomic E-state index is 12.4. The summed E-state index contributed by atoms with van der Waals surface area (Å²) in [7, 11) is 0. The number of hydrogen-bond acceptors (Lipinski definition) is 11. The van der Waals surface area contributed by atoms with Crippen LogP contribution < -0.4 is 20.1 Å². The van der Waals surface area contributed by atoms with Crippen molar-refractivity contribution in [2.75, 3.05) is 13.2 Å². The minimum atomic E-state index is -1.16. The van der Waals surface area contributed by atoms with Crippen LogP contribution in [0.5, 0.6) is 11.5 Å². The van der Waals surface area contributed by atoms with Crippen molar-refractivity contribution in [1.82, 2.24) is 10.6 Å². The monoisotopic (exact) mass is 702 g/mol. The molecule has 0 aliphatic carbocycles. The minimum absolute atomic E-state index is 0.0673.